The van der Waals surface area contributed by atoms with Crippen molar-refractivity contribution in [1.82, 2.24) is 14.9 Å². The van der Waals surface area contributed by atoms with E-state index in [1.54, 1.807) is 60.7 Å². The van der Waals surface area contributed by atoms with Crippen molar-refractivity contribution in [1.29, 1.82) is 0 Å². The summed E-state index contributed by atoms with van der Waals surface area (Å²) in [6.45, 7) is 1.91. The van der Waals surface area contributed by atoms with Crippen LogP contribution in [0, 0.1) is 6.92 Å². The van der Waals surface area contributed by atoms with Crippen molar-refractivity contribution in [3.63, 3.8) is 0 Å². The summed E-state index contributed by atoms with van der Waals surface area (Å²) in [5.74, 6) is -2.22. The molecule has 0 radical (unpaired) electrons. The first-order valence-electron chi connectivity index (χ1n) is 12.8. The number of hydrogen-bond acceptors (Lipinski definition) is 6. The summed E-state index contributed by atoms with van der Waals surface area (Å²) in [6, 6.07) is 23.0. The van der Waals surface area contributed by atoms with E-state index in [-0.39, 0.29) is 11.1 Å². The topological polar surface area (TPSA) is 142 Å². The number of benzene rings is 3. The van der Waals surface area contributed by atoms with Crippen LogP contribution in [0.25, 0.3) is 17.3 Å². The van der Waals surface area contributed by atoms with Gasteiger partial charge < -0.3 is 5.11 Å². The number of aromatic amines is 1. The van der Waals surface area contributed by atoms with Gasteiger partial charge in [-0.2, -0.15) is 0 Å². The van der Waals surface area contributed by atoms with Crippen molar-refractivity contribution in [2.75, 3.05) is 4.90 Å². The number of imide groups is 2. The highest BCUT2D eigenvalue weighted by atomic mass is 16.3. The molecule has 3 aromatic carbocycles. The zero-order chi connectivity index (χ0) is 29.8. The van der Waals surface area contributed by atoms with Crippen LogP contribution in [0.15, 0.2) is 118 Å². The molecule has 0 spiro atoms. The molecule has 42 heavy (non-hydrogen) atoms. The van der Waals surface area contributed by atoms with Crippen LogP contribution in [0.5, 0.6) is 5.88 Å². The molecule has 1 aliphatic heterocycles. The van der Waals surface area contributed by atoms with E-state index in [9.17, 15) is 29.1 Å². The molecule has 0 atom stereocenters. The Morgan fingerprint density at radius 2 is 1.43 bits per heavy atom. The second-order valence-electron chi connectivity index (χ2n) is 9.30. The SMILES string of the molecule is Cc1ccc(C(C=Cc2c(O)n(-c3ccccc3)c(=O)[nH]c2=O)=CC=C2C(=O)NC(=O)N(c3ccccc3)C2=O)cc1. The fourth-order valence-electron chi connectivity index (χ4n) is 4.33. The van der Waals surface area contributed by atoms with Gasteiger partial charge in [-0.25, -0.2) is 19.1 Å². The molecule has 4 amide bonds. The quantitative estimate of drug-likeness (QED) is 0.186. The van der Waals surface area contributed by atoms with Gasteiger partial charge in [0.2, 0.25) is 5.88 Å². The fraction of sp³-hybridized carbons (Fsp3) is 0.0312. The number of para-hydroxylation sites is 2. The van der Waals surface area contributed by atoms with Crippen LogP contribution in [0.1, 0.15) is 16.7 Å². The van der Waals surface area contributed by atoms with E-state index < -0.39 is 35.0 Å². The number of carbonyl (C=O) groups excluding carboxylic acids is 3. The van der Waals surface area contributed by atoms with Crippen molar-refractivity contribution >= 4 is 35.2 Å². The number of urea groups is 1. The zero-order valence-corrected chi connectivity index (χ0v) is 22.3. The van der Waals surface area contributed by atoms with Gasteiger partial charge in [0.1, 0.15) is 11.1 Å². The van der Waals surface area contributed by atoms with Gasteiger partial charge >= 0.3 is 11.7 Å². The highest BCUT2D eigenvalue weighted by Gasteiger charge is 2.36. The molecule has 1 saturated heterocycles. The van der Waals surface area contributed by atoms with Crippen LogP contribution in [-0.2, 0) is 9.59 Å². The number of hydrogen-bond donors (Lipinski definition) is 3. The predicted octanol–water partition coefficient (Wildman–Crippen LogP) is 3.85. The van der Waals surface area contributed by atoms with Gasteiger partial charge in [-0.1, -0.05) is 78.4 Å². The highest BCUT2D eigenvalue weighted by molar-refractivity contribution is 6.37. The largest absolute Gasteiger partial charge is 0.494 e. The number of anilines is 1. The van der Waals surface area contributed by atoms with Gasteiger partial charge in [0.15, 0.2) is 0 Å². The first-order chi connectivity index (χ1) is 20.2. The van der Waals surface area contributed by atoms with Crippen molar-refractivity contribution in [3.8, 4) is 11.6 Å². The van der Waals surface area contributed by atoms with Gasteiger partial charge in [0.25, 0.3) is 17.4 Å². The molecule has 1 aliphatic rings. The molecule has 10 heteroatoms. The number of aromatic nitrogens is 2. The Morgan fingerprint density at radius 3 is 2.07 bits per heavy atom. The molecule has 5 rings (SSSR count). The Labute approximate surface area is 239 Å². The van der Waals surface area contributed by atoms with Gasteiger partial charge in [0.05, 0.1) is 11.4 Å². The Bertz CT molecular complexity index is 1900. The number of allylic oxidation sites excluding steroid dienone is 4. The third-order valence-corrected chi connectivity index (χ3v) is 6.50. The summed E-state index contributed by atoms with van der Waals surface area (Å²) < 4.78 is 0.971. The third kappa shape index (κ3) is 5.50. The van der Waals surface area contributed by atoms with Crippen LogP contribution in [0.2, 0.25) is 0 Å². The van der Waals surface area contributed by atoms with Crippen LogP contribution in [-0.4, -0.2) is 32.5 Å². The predicted molar refractivity (Wildman–Crippen MR) is 158 cm³/mol. The lowest BCUT2D eigenvalue weighted by molar-refractivity contribution is -0.122. The molecule has 0 saturated carbocycles. The summed E-state index contributed by atoms with van der Waals surface area (Å²) in [5.41, 5.74) is 0.687. The van der Waals surface area contributed by atoms with E-state index in [0.717, 1.165) is 15.0 Å². The van der Waals surface area contributed by atoms with Crippen molar-refractivity contribution in [3.05, 3.63) is 146 Å². The molecule has 4 aromatic rings. The van der Waals surface area contributed by atoms with E-state index in [0.29, 0.717) is 22.5 Å². The second-order valence-corrected chi connectivity index (χ2v) is 9.30. The molecule has 10 nitrogen and oxygen atoms in total. The Morgan fingerprint density at radius 1 is 0.810 bits per heavy atom. The average molecular weight is 561 g/mol. The number of aryl methyl sites for hydroxylation is 1. The molecule has 0 bridgehead atoms. The van der Waals surface area contributed by atoms with Gasteiger partial charge in [-0.15, -0.1) is 0 Å². The number of amides is 4. The lowest BCUT2D eigenvalue weighted by Crippen LogP contribution is -2.54. The summed E-state index contributed by atoms with van der Waals surface area (Å²) in [6.07, 6.45) is 5.62. The number of rotatable bonds is 6. The monoisotopic (exact) mass is 560 g/mol. The second kappa shape index (κ2) is 11.6. The number of H-pyrrole nitrogens is 1. The fourth-order valence-corrected chi connectivity index (χ4v) is 4.33. The van der Waals surface area contributed by atoms with E-state index in [1.807, 2.05) is 31.2 Å². The lowest BCUT2D eigenvalue weighted by Gasteiger charge is -2.26. The highest BCUT2D eigenvalue weighted by Crippen LogP contribution is 2.24. The van der Waals surface area contributed by atoms with Gasteiger partial charge in [-0.05, 0) is 54.5 Å². The Balaban J connectivity index is 1.59. The number of aromatic hydroxyl groups is 1. The third-order valence-electron chi connectivity index (χ3n) is 6.50. The number of nitrogens with zero attached hydrogens (tertiary/aromatic N) is 2. The summed E-state index contributed by atoms with van der Waals surface area (Å²) in [5, 5.41) is 13.1. The molecule has 3 N–H and O–H groups in total. The molecular formula is C32H24N4O6. The van der Waals surface area contributed by atoms with E-state index in [1.165, 1.54) is 24.3 Å². The molecule has 2 heterocycles. The summed E-state index contributed by atoms with van der Waals surface area (Å²) in [4.78, 5) is 66.6. The zero-order valence-electron chi connectivity index (χ0n) is 22.3. The normalized spacial score (nSPS) is 15.0. The smallest absolute Gasteiger partial charge is 0.335 e. The maximum Gasteiger partial charge on any atom is 0.335 e. The van der Waals surface area contributed by atoms with Crippen LogP contribution < -0.4 is 21.5 Å². The minimum Gasteiger partial charge on any atom is -0.494 e. The van der Waals surface area contributed by atoms with Crippen LogP contribution >= 0.6 is 0 Å². The lowest BCUT2D eigenvalue weighted by atomic mass is 10.0. The maximum absolute atomic E-state index is 13.2. The Hall–Kier alpha value is -6.03. The van der Waals surface area contributed by atoms with Crippen molar-refractivity contribution < 1.29 is 19.5 Å². The Kier molecular flexibility index (Phi) is 7.61. The molecule has 1 aromatic heterocycles. The molecule has 208 valence electrons. The number of carbonyl (C=O) groups is 3. The standard InChI is InChI=1S/C32H24N4O6/c1-20-12-14-21(15-13-20)22(16-18-25-27(37)33-31(41)35(29(25)39)23-8-4-2-5-9-23)17-19-26-28(38)34-32(42)36(30(26)40)24-10-6-3-7-11-24/h2-19,39H,1H3,(H,33,37,41)(H,34,38,42). The van der Waals surface area contributed by atoms with Gasteiger partial charge in [0, 0.05) is 0 Å². The molecular weight excluding hydrogens is 536 g/mol. The molecule has 0 unspecified atom stereocenters. The summed E-state index contributed by atoms with van der Waals surface area (Å²) in [7, 11) is 0. The van der Waals surface area contributed by atoms with E-state index >= 15 is 0 Å². The van der Waals surface area contributed by atoms with Crippen LogP contribution in [0.3, 0.4) is 0 Å². The van der Waals surface area contributed by atoms with Crippen LogP contribution in [0.4, 0.5) is 10.5 Å². The summed E-state index contributed by atoms with van der Waals surface area (Å²) >= 11 is 0. The molecule has 1 fully saturated rings. The van der Waals surface area contributed by atoms with Gasteiger partial charge in [-0.3, -0.25) is 24.7 Å². The van der Waals surface area contributed by atoms with Crippen molar-refractivity contribution in [2.45, 2.75) is 6.92 Å². The first-order valence-corrected chi connectivity index (χ1v) is 12.8. The first kappa shape index (κ1) is 27.5. The molecule has 0 aliphatic carbocycles. The maximum atomic E-state index is 13.2. The van der Waals surface area contributed by atoms with Crippen molar-refractivity contribution in [2.24, 2.45) is 0 Å². The average Bonchev–Trinajstić information content (AvgIpc) is 2.97. The number of nitrogens with one attached hydrogen (secondary N) is 2. The van der Waals surface area contributed by atoms with E-state index in [2.05, 4.69) is 10.3 Å². The number of barbiturate groups is 1. The minimum absolute atomic E-state index is 0.184. The minimum atomic E-state index is -0.862. The van der Waals surface area contributed by atoms with E-state index in [4.69, 9.17) is 0 Å².